The number of nitrogens with two attached hydrogens (primary N) is 1. The molecule has 1 unspecified atom stereocenters. The quantitative estimate of drug-likeness (QED) is 0.725. The molecule has 84 valence electrons. The predicted octanol–water partition coefficient (Wildman–Crippen LogP) is 1.66. The van der Waals surface area contributed by atoms with Crippen LogP contribution in [-0.2, 0) is 4.79 Å². The monoisotopic (exact) mass is 200 g/mol. The Morgan fingerprint density at radius 3 is 2.29 bits per heavy atom. The summed E-state index contributed by atoms with van der Waals surface area (Å²) in [4.78, 5) is 11.6. The first-order valence-electron chi connectivity index (χ1n) is 5.35. The number of amides is 1. The van der Waals surface area contributed by atoms with Crippen molar-refractivity contribution in [1.82, 2.24) is 5.32 Å². The van der Waals surface area contributed by atoms with Crippen molar-refractivity contribution in [3.8, 4) is 0 Å². The molecule has 0 saturated carbocycles. The van der Waals surface area contributed by atoms with Gasteiger partial charge in [0.2, 0.25) is 5.91 Å². The fourth-order valence-corrected chi connectivity index (χ4v) is 0.979. The Kier molecular flexibility index (Phi) is 5.13. The molecule has 2 atom stereocenters. The van der Waals surface area contributed by atoms with Gasteiger partial charge in [0.05, 0.1) is 6.04 Å². The van der Waals surface area contributed by atoms with Crippen LogP contribution >= 0.6 is 0 Å². The van der Waals surface area contributed by atoms with E-state index < -0.39 is 0 Å². The van der Waals surface area contributed by atoms with Gasteiger partial charge in [0.15, 0.2) is 0 Å². The second-order valence-electron chi connectivity index (χ2n) is 4.99. The van der Waals surface area contributed by atoms with Gasteiger partial charge in [-0.1, -0.05) is 34.1 Å². The molecule has 0 bridgehead atoms. The third-order valence-corrected chi connectivity index (χ3v) is 2.59. The maximum absolute atomic E-state index is 11.6. The fraction of sp³-hybridized carbons (Fsp3) is 0.909. The van der Waals surface area contributed by atoms with Gasteiger partial charge in [-0.3, -0.25) is 4.79 Å². The standard InChI is InChI=1S/C11H24N2O/c1-6-7-9(12)10(14)13-8(2)11(3,4)5/h8-9H,6-7,12H2,1-5H3,(H,13,14)/t8?,9-/m0/s1. The van der Waals surface area contributed by atoms with E-state index in [9.17, 15) is 4.79 Å². The summed E-state index contributed by atoms with van der Waals surface area (Å²) in [6, 6.07) is -0.206. The lowest BCUT2D eigenvalue weighted by atomic mass is 9.88. The molecule has 0 radical (unpaired) electrons. The van der Waals surface area contributed by atoms with E-state index >= 15 is 0 Å². The highest BCUT2D eigenvalue weighted by Crippen LogP contribution is 2.18. The zero-order valence-corrected chi connectivity index (χ0v) is 10.1. The molecule has 0 spiro atoms. The Bertz CT molecular complexity index is 184. The zero-order valence-electron chi connectivity index (χ0n) is 10.1. The molecule has 0 saturated heterocycles. The van der Waals surface area contributed by atoms with Gasteiger partial charge < -0.3 is 11.1 Å². The Balaban J connectivity index is 4.06. The lowest BCUT2D eigenvalue weighted by Crippen LogP contribution is -2.48. The first kappa shape index (κ1) is 13.4. The molecular formula is C11H24N2O. The van der Waals surface area contributed by atoms with Gasteiger partial charge >= 0.3 is 0 Å². The molecule has 3 heteroatoms. The van der Waals surface area contributed by atoms with Crippen LogP contribution in [0.15, 0.2) is 0 Å². The van der Waals surface area contributed by atoms with E-state index in [1.807, 2.05) is 13.8 Å². The average molecular weight is 200 g/mol. The summed E-state index contributed by atoms with van der Waals surface area (Å²) in [5, 5.41) is 2.94. The molecule has 0 fully saturated rings. The first-order chi connectivity index (χ1) is 6.29. The minimum absolute atomic E-state index is 0.0331. The van der Waals surface area contributed by atoms with E-state index in [2.05, 4.69) is 26.1 Å². The van der Waals surface area contributed by atoms with Gasteiger partial charge in [0.25, 0.3) is 0 Å². The first-order valence-corrected chi connectivity index (χ1v) is 5.35. The summed E-state index contributed by atoms with van der Waals surface area (Å²) in [6.07, 6.45) is 1.70. The van der Waals surface area contributed by atoms with E-state index in [0.717, 1.165) is 12.8 Å². The number of carbonyl (C=O) groups is 1. The minimum atomic E-state index is -0.357. The van der Waals surface area contributed by atoms with Crippen molar-refractivity contribution in [3.63, 3.8) is 0 Å². The Labute approximate surface area is 87.4 Å². The van der Waals surface area contributed by atoms with Gasteiger partial charge in [0.1, 0.15) is 0 Å². The molecule has 3 nitrogen and oxygen atoms in total. The fourth-order valence-electron chi connectivity index (χ4n) is 0.979. The molecule has 0 aliphatic carbocycles. The molecule has 0 aromatic heterocycles. The summed E-state index contributed by atoms with van der Waals surface area (Å²) < 4.78 is 0. The Morgan fingerprint density at radius 2 is 1.93 bits per heavy atom. The average Bonchev–Trinajstić information content (AvgIpc) is 2.02. The van der Waals surface area contributed by atoms with Crippen LogP contribution in [0.4, 0.5) is 0 Å². The maximum Gasteiger partial charge on any atom is 0.237 e. The summed E-state index contributed by atoms with van der Waals surface area (Å²) in [6.45, 7) is 10.3. The Hall–Kier alpha value is -0.570. The van der Waals surface area contributed by atoms with Crippen LogP contribution in [0.25, 0.3) is 0 Å². The Morgan fingerprint density at radius 1 is 1.43 bits per heavy atom. The molecule has 0 aromatic carbocycles. The van der Waals surface area contributed by atoms with Crippen LogP contribution in [-0.4, -0.2) is 18.0 Å². The summed E-state index contributed by atoms with van der Waals surface area (Å²) in [7, 11) is 0. The maximum atomic E-state index is 11.6. The summed E-state index contributed by atoms with van der Waals surface area (Å²) in [5.74, 6) is -0.0331. The van der Waals surface area contributed by atoms with Gasteiger partial charge in [0, 0.05) is 6.04 Å². The molecule has 0 aliphatic heterocycles. The van der Waals surface area contributed by atoms with Crippen LogP contribution in [0.5, 0.6) is 0 Å². The summed E-state index contributed by atoms with van der Waals surface area (Å²) in [5.41, 5.74) is 5.79. The van der Waals surface area contributed by atoms with Gasteiger partial charge in [-0.2, -0.15) is 0 Å². The van der Waals surface area contributed by atoms with Crippen molar-refractivity contribution >= 4 is 5.91 Å². The number of nitrogens with one attached hydrogen (secondary N) is 1. The smallest absolute Gasteiger partial charge is 0.237 e. The molecule has 1 amide bonds. The van der Waals surface area contributed by atoms with Gasteiger partial charge in [-0.25, -0.2) is 0 Å². The predicted molar refractivity (Wildman–Crippen MR) is 59.9 cm³/mol. The van der Waals surface area contributed by atoms with E-state index in [-0.39, 0.29) is 23.4 Å². The van der Waals surface area contributed by atoms with Crippen LogP contribution in [0.1, 0.15) is 47.5 Å². The van der Waals surface area contributed by atoms with Crippen LogP contribution in [0.2, 0.25) is 0 Å². The van der Waals surface area contributed by atoms with Gasteiger partial charge in [-0.15, -0.1) is 0 Å². The number of rotatable bonds is 4. The van der Waals surface area contributed by atoms with Gasteiger partial charge in [-0.05, 0) is 18.8 Å². The zero-order chi connectivity index (χ0) is 11.4. The van der Waals surface area contributed by atoms with Crippen molar-refractivity contribution < 1.29 is 4.79 Å². The second kappa shape index (κ2) is 5.35. The third kappa shape index (κ3) is 4.61. The van der Waals surface area contributed by atoms with E-state index in [1.165, 1.54) is 0 Å². The largest absolute Gasteiger partial charge is 0.352 e. The molecular weight excluding hydrogens is 176 g/mol. The highest BCUT2D eigenvalue weighted by atomic mass is 16.2. The number of carbonyl (C=O) groups excluding carboxylic acids is 1. The second-order valence-corrected chi connectivity index (χ2v) is 4.99. The summed E-state index contributed by atoms with van der Waals surface area (Å²) >= 11 is 0. The van der Waals surface area contributed by atoms with E-state index in [4.69, 9.17) is 5.73 Å². The molecule has 14 heavy (non-hydrogen) atoms. The van der Waals surface area contributed by atoms with Crippen molar-refractivity contribution in [3.05, 3.63) is 0 Å². The molecule has 0 aliphatic rings. The van der Waals surface area contributed by atoms with Crippen molar-refractivity contribution in [2.75, 3.05) is 0 Å². The SMILES string of the molecule is CCC[C@H](N)C(=O)NC(C)C(C)(C)C. The lowest BCUT2D eigenvalue weighted by Gasteiger charge is -2.29. The highest BCUT2D eigenvalue weighted by Gasteiger charge is 2.23. The van der Waals surface area contributed by atoms with Crippen molar-refractivity contribution in [2.45, 2.75) is 59.5 Å². The van der Waals surface area contributed by atoms with Crippen LogP contribution < -0.4 is 11.1 Å². The lowest BCUT2D eigenvalue weighted by molar-refractivity contribution is -0.123. The third-order valence-electron chi connectivity index (χ3n) is 2.59. The van der Waals surface area contributed by atoms with Crippen molar-refractivity contribution in [2.24, 2.45) is 11.1 Å². The minimum Gasteiger partial charge on any atom is -0.352 e. The topological polar surface area (TPSA) is 55.1 Å². The molecule has 0 heterocycles. The van der Waals surface area contributed by atoms with Crippen LogP contribution in [0, 0.1) is 5.41 Å². The van der Waals surface area contributed by atoms with Crippen LogP contribution in [0.3, 0.4) is 0 Å². The number of hydrogen-bond donors (Lipinski definition) is 2. The molecule has 0 rings (SSSR count). The molecule has 3 N–H and O–H groups in total. The highest BCUT2D eigenvalue weighted by molar-refractivity contribution is 5.81. The number of hydrogen-bond acceptors (Lipinski definition) is 2. The van der Waals surface area contributed by atoms with E-state index in [1.54, 1.807) is 0 Å². The van der Waals surface area contributed by atoms with E-state index in [0.29, 0.717) is 0 Å². The molecule has 0 aromatic rings. The normalized spacial score (nSPS) is 16.1. The van der Waals surface area contributed by atoms with Crippen molar-refractivity contribution in [1.29, 1.82) is 0 Å².